The number of allylic oxidation sites excluding steroid dienone is 5. The third kappa shape index (κ3) is 7.61. The Kier molecular flexibility index (Phi) is 10.8. The van der Waals surface area contributed by atoms with Crippen molar-refractivity contribution in [3.8, 4) is 0 Å². The Labute approximate surface area is 198 Å². The van der Waals surface area contributed by atoms with Crippen molar-refractivity contribution in [2.75, 3.05) is 13.2 Å². The van der Waals surface area contributed by atoms with Gasteiger partial charge in [0.2, 0.25) is 0 Å². The van der Waals surface area contributed by atoms with E-state index in [4.69, 9.17) is 9.47 Å². The van der Waals surface area contributed by atoms with Gasteiger partial charge in [-0.25, -0.2) is 8.78 Å². The highest BCUT2D eigenvalue weighted by Crippen LogP contribution is 2.36. The summed E-state index contributed by atoms with van der Waals surface area (Å²) in [5.41, 5.74) is 1.75. The van der Waals surface area contributed by atoms with Gasteiger partial charge in [-0.2, -0.15) is 0 Å². The fourth-order valence-electron chi connectivity index (χ4n) is 4.55. The van der Waals surface area contributed by atoms with Gasteiger partial charge in [-0.15, -0.1) is 0 Å². The molecule has 1 fully saturated rings. The van der Waals surface area contributed by atoms with Crippen LogP contribution in [0.15, 0.2) is 42.5 Å². The van der Waals surface area contributed by atoms with Crippen molar-refractivity contribution in [1.29, 1.82) is 0 Å². The van der Waals surface area contributed by atoms with Crippen LogP contribution >= 0.6 is 0 Å². The number of rotatable bonds is 11. The summed E-state index contributed by atoms with van der Waals surface area (Å²) in [4.78, 5) is 0. The van der Waals surface area contributed by atoms with E-state index in [1.807, 2.05) is 6.08 Å². The maximum Gasteiger partial charge on any atom is 0.166 e. The third-order valence-electron chi connectivity index (χ3n) is 6.63. The maximum absolute atomic E-state index is 14.8. The lowest BCUT2D eigenvalue weighted by Gasteiger charge is -2.35. The zero-order valence-electron chi connectivity index (χ0n) is 20.3. The van der Waals surface area contributed by atoms with Crippen LogP contribution in [0.2, 0.25) is 0 Å². The molecule has 0 spiro atoms. The average Bonchev–Trinajstić information content (AvgIpc) is 2.85. The van der Waals surface area contributed by atoms with Crippen molar-refractivity contribution in [1.82, 2.24) is 0 Å². The highest BCUT2D eigenvalue weighted by Gasteiger charge is 2.30. The summed E-state index contributed by atoms with van der Waals surface area (Å²) >= 11 is 0. The van der Waals surface area contributed by atoms with Gasteiger partial charge in [0.25, 0.3) is 0 Å². The molecule has 4 heteroatoms. The first kappa shape index (κ1) is 25.8. The summed E-state index contributed by atoms with van der Waals surface area (Å²) in [5.74, 6) is -0.819. The van der Waals surface area contributed by atoms with Crippen LogP contribution in [0.5, 0.6) is 0 Å². The molecule has 2 aliphatic rings. The Balaban J connectivity index is 1.51. The molecule has 33 heavy (non-hydrogen) atoms. The van der Waals surface area contributed by atoms with Gasteiger partial charge in [-0.3, -0.25) is 0 Å². The quantitative estimate of drug-likeness (QED) is 0.246. The van der Waals surface area contributed by atoms with Crippen LogP contribution in [-0.4, -0.2) is 19.5 Å². The lowest BCUT2D eigenvalue weighted by atomic mass is 9.85. The molecular formula is C29H40F2O2. The Morgan fingerprint density at radius 2 is 1.73 bits per heavy atom. The molecule has 0 saturated carbocycles. The Morgan fingerprint density at radius 3 is 2.42 bits per heavy atom. The average molecular weight is 459 g/mol. The van der Waals surface area contributed by atoms with Gasteiger partial charge in [0, 0.05) is 17.4 Å². The van der Waals surface area contributed by atoms with E-state index in [0.717, 1.165) is 44.1 Å². The molecular weight excluding hydrogens is 418 g/mol. The van der Waals surface area contributed by atoms with Crippen LogP contribution in [0, 0.1) is 23.5 Å². The second kappa shape index (κ2) is 13.8. The van der Waals surface area contributed by atoms with E-state index in [-0.39, 0.29) is 12.2 Å². The van der Waals surface area contributed by atoms with Crippen molar-refractivity contribution in [3.05, 3.63) is 65.3 Å². The van der Waals surface area contributed by atoms with E-state index in [2.05, 4.69) is 38.2 Å². The minimum absolute atomic E-state index is 0.201. The van der Waals surface area contributed by atoms with Crippen molar-refractivity contribution in [2.24, 2.45) is 11.8 Å². The number of hydrogen-bond donors (Lipinski definition) is 0. The molecule has 1 aromatic carbocycles. The molecule has 1 unspecified atom stereocenters. The predicted molar refractivity (Wildman–Crippen MR) is 132 cm³/mol. The molecule has 0 bridgehead atoms. The number of halogens is 2. The first-order chi connectivity index (χ1) is 16.1. The van der Waals surface area contributed by atoms with Crippen LogP contribution in [0.4, 0.5) is 8.78 Å². The molecule has 1 aliphatic heterocycles. The number of unbranched alkanes of at least 4 members (excludes halogenated alkanes) is 3. The lowest BCUT2D eigenvalue weighted by Crippen LogP contribution is -2.37. The van der Waals surface area contributed by atoms with E-state index in [0.29, 0.717) is 43.1 Å². The van der Waals surface area contributed by atoms with Gasteiger partial charge in [-0.1, -0.05) is 75.6 Å². The third-order valence-corrected chi connectivity index (χ3v) is 6.63. The molecule has 1 heterocycles. The summed E-state index contributed by atoms with van der Waals surface area (Å²) in [6.07, 6.45) is 19.7. The van der Waals surface area contributed by atoms with Gasteiger partial charge in [-0.05, 0) is 56.1 Å². The highest BCUT2D eigenvalue weighted by atomic mass is 19.2. The minimum Gasteiger partial charge on any atom is -0.352 e. The van der Waals surface area contributed by atoms with Gasteiger partial charge in [0.05, 0.1) is 13.2 Å². The molecule has 1 atom stereocenters. The van der Waals surface area contributed by atoms with E-state index < -0.39 is 11.6 Å². The van der Waals surface area contributed by atoms with Crippen LogP contribution in [0.3, 0.4) is 0 Å². The van der Waals surface area contributed by atoms with Gasteiger partial charge < -0.3 is 9.47 Å². The first-order valence-electron chi connectivity index (χ1n) is 12.8. The lowest BCUT2D eigenvalue weighted by molar-refractivity contribution is -0.218. The molecule has 3 rings (SSSR count). The van der Waals surface area contributed by atoms with Crippen LogP contribution in [0.1, 0.15) is 82.8 Å². The van der Waals surface area contributed by atoms with Crippen molar-refractivity contribution < 1.29 is 18.3 Å². The van der Waals surface area contributed by atoms with Crippen LogP contribution < -0.4 is 0 Å². The zero-order valence-corrected chi connectivity index (χ0v) is 20.3. The molecule has 182 valence electrons. The number of hydrogen-bond acceptors (Lipinski definition) is 2. The Morgan fingerprint density at radius 1 is 0.939 bits per heavy atom. The van der Waals surface area contributed by atoms with Crippen molar-refractivity contribution in [2.45, 2.75) is 84.3 Å². The molecule has 1 aromatic rings. The number of aryl methyl sites for hydroxylation is 1. The monoisotopic (exact) mass is 458 g/mol. The van der Waals surface area contributed by atoms with E-state index in [1.54, 1.807) is 12.1 Å². The molecule has 0 aromatic heterocycles. The predicted octanol–water partition coefficient (Wildman–Crippen LogP) is 8.17. The van der Waals surface area contributed by atoms with E-state index in [9.17, 15) is 8.78 Å². The van der Waals surface area contributed by atoms with E-state index in [1.165, 1.54) is 12.8 Å². The van der Waals surface area contributed by atoms with Crippen molar-refractivity contribution >= 4 is 5.57 Å². The number of ether oxygens (including phenoxy) is 2. The summed E-state index contributed by atoms with van der Waals surface area (Å²) in [6.45, 7) is 5.70. The zero-order chi connectivity index (χ0) is 23.5. The fourth-order valence-corrected chi connectivity index (χ4v) is 4.55. The van der Waals surface area contributed by atoms with E-state index >= 15 is 0 Å². The molecule has 0 N–H and O–H groups in total. The summed E-state index contributed by atoms with van der Waals surface area (Å²) in [5, 5.41) is 0. The normalized spacial score (nSPS) is 24.0. The maximum atomic E-state index is 14.8. The second-order valence-electron chi connectivity index (χ2n) is 9.33. The van der Waals surface area contributed by atoms with Crippen LogP contribution in [0.25, 0.3) is 5.57 Å². The summed E-state index contributed by atoms with van der Waals surface area (Å²) in [7, 11) is 0. The molecule has 0 amide bonds. The summed E-state index contributed by atoms with van der Waals surface area (Å²) < 4.78 is 41.5. The van der Waals surface area contributed by atoms with Crippen molar-refractivity contribution in [3.63, 3.8) is 0 Å². The Bertz CT molecular complexity index is 819. The highest BCUT2D eigenvalue weighted by molar-refractivity contribution is 5.67. The topological polar surface area (TPSA) is 18.5 Å². The van der Waals surface area contributed by atoms with Gasteiger partial charge >= 0.3 is 0 Å². The SMILES string of the molecule is CCCC=CCCc1ccc(C2=CCC(C3OCC(C=CCCCC)CO3)CC2)c(F)c1F. The molecule has 0 radical (unpaired) electrons. The standard InChI is InChI=1S/C29H40F2O2/c1-3-5-7-9-11-13-24-18-19-26(28(31)27(24)30)23-14-16-25(17-15-23)29-32-20-22(21-33-29)12-10-8-6-4-2/h7,9-10,12,14,18-19,22,25,29H,3-6,8,11,13,15-17,20-21H2,1-2H3. The number of benzene rings is 1. The molecule has 1 saturated heterocycles. The smallest absolute Gasteiger partial charge is 0.166 e. The molecule has 1 aliphatic carbocycles. The fraction of sp³-hybridized carbons (Fsp3) is 0.586. The molecule has 2 nitrogen and oxygen atoms in total. The minimum atomic E-state index is -0.711. The summed E-state index contributed by atoms with van der Waals surface area (Å²) in [6, 6.07) is 3.49. The second-order valence-corrected chi connectivity index (χ2v) is 9.33. The van der Waals surface area contributed by atoms with Gasteiger partial charge in [0.1, 0.15) is 0 Å². The largest absolute Gasteiger partial charge is 0.352 e. The van der Waals surface area contributed by atoms with Gasteiger partial charge in [0.15, 0.2) is 17.9 Å². The van der Waals surface area contributed by atoms with Crippen LogP contribution in [-0.2, 0) is 15.9 Å². The first-order valence-corrected chi connectivity index (χ1v) is 12.8. The Hall–Kier alpha value is -1.78.